The number of nitrogens with one attached hydrogen (secondary N) is 1. The van der Waals surface area contributed by atoms with Gasteiger partial charge in [-0.25, -0.2) is 13.8 Å². The second-order valence-electron chi connectivity index (χ2n) is 8.02. The van der Waals surface area contributed by atoms with Gasteiger partial charge in [-0.05, 0) is 13.3 Å². The Balaban J connectivity index is 1.60. The Hall–Kier alpha value is -3.06. The van der Waals surface area contributed by atoms with Gasteiger partial charge in [-0.2, -0.15) is 10.2 Å². The Kier molecular flexibility index (Phi) is 5.63. The van der Waals surface area contributed by atoms with Gasteiger partial charge >= 0.3 is 0 Å². The first-order chi connectivity index (χ1) is 15.0. The fraction of sp³-hybridized carbons (Fsp3) is 0.474. The van der Waals surface area contributed by atoms with Crippen LogP contribution in [0.5, 0.6) is 0 Å². The summed E-state index contributed by atoms with van der Waals surface area (Å²) in [6.07, 6.45) is 3.25. The van der Waals surface area contributed by atoms with Crippen molar-refractivity contribution in [3.63, 3.8) is 0 Å². The van der Waals surface area contributed by atoms with Crippen LogP contribution >= 0.6 is 11.3 Å². The first kappa shape index (κ1) is 22.1. The third-order valence-electron chi connectivity index (χ3n) is 5.32. The summed E-state index contributed by atoms with van der Waals surface area (Å²) in [5.74, 6) is -3.11. The molecule has 1 saturated heterocycles. The fourth-order valence-electron chi connectivity index (χ4n) is 3.91. The number of carbonyl (C=O) groups is 1. The van der Waals surface area contributed by atoms with Crippen LogP contribution in [0, 0.1) is 6.92 Å². The third-order valence-corrected chi connectivity index (χ3v) is 6.24. The molecular formula is C19H25F2N9OS. The lowest BCUT2D eigenvalue weighted by Gasteiger charge is -2.26. The zero-order valence-electron chi connectivity index (χ0n) is 18.0. The number of aryl methyl sites for hydroxylation is 3. The number of carbonyl (C=O) groups excluding carboxylic acids is 1. The van der Waals surface area contributed by atoms with Crippen LogP contribution in [0.1, 0.15) is 29.0 Å². The number of aromatic nitrogens is 5. The van der Waals surface area contributed by atoms with Crippen molar-refractivity contribution in [3.8, 4) is 10.6 Å². The highest BCUT2D eigenvalue weighted by Gasteiger charge is 2.38. The van der Waals surface area contributed by atoms with Crippen LogP contribution in [-0.4, -0.2) is 55.5 Å². The monoisotopic (exact) mass is 465 g/mol. The molecule has 32 heavy (non-hydrogen) atoms. The zero-order valence-corrected chi connectivity index (χ0v) is 18.8. The molecule has 0 aromatic carbocycles. The molecule has 3 aromatic heterocycles. The summed E-state index contributed by atoms with van der Waals surface area (Å²) >= 11 is 1.18. The lowest BCUT2D eigenvalue weighted by atomic mass is 10.1. The van der Waals surface area contributed by atoms with Gasteiger partial charge in [0.25, 0.3) is 11.8 Å². The van der Waals surface area contributed by atoms with Gasteiger partial charge in [0.1, 0.15) is 15.7 Å². The molecule has 0 bridgehead atoms. The van der Waals surface area contributed by atoms with Crippen molar-refractivity contribution in [3.05, 3.63) is 23.8 Å². The number of anilines is 3. The molecule has 1 aliphatic heterocycles. The second-order valence-corrected chi connectivity index (χ2v) is 9.05. The average molecular weight is 466 g/mol. The Morgan fingerprint density at radius 1 is 1.38 bits per heavy atom. The Morgan fingerprint density at radius 3 is 2.81 bits per heavy atom. The highest BCUT2D eigenvalue weighted by atomic mass is 32.1. The summed E-state index contributed by atoms with van der Waals surface area (Å²) in [5, 5.41) is 12.0. The maximum atomic E-state index is 14.3. The molecule has 13 heteroatoms. The molecule has 0 unspecified atom stereocenters. The van der Waals surface area contributed by atoms with Gasteiger partial charge in [-0.3, -0.25) is 14.2 Å². The summed E-state index contributed by atoms with van der Waals surface area (Å²) in [7, 11) is 3.43. The van der Waals surface area contributed by atoms with E-state index in [9.17, 15) is 13.6 Å². The van der Waals surface area contributed by atoms with Crippen molar-refractivity contribution < 1.29 is 13.6 Å². The first-order valence-corrected chi connectivity index (χ1v) is 10.8. The second kappa shape index (κ2) is 8.13. The van der Waals surface area contributed by atoms with Crippen molar-refractivity contribution in [2.75, 3.05) is 29.0 Å². The van der Waals surface area contributed by atoms with Crippen LogP contribution in [0.3, 0.4) is 0 Å². The van der Waals surface area contributed by atoms with Gasteiger partial charge in [0.15, 0.2) is 11.5 Å². The molecule has 4 rings (SSSR count). The number of halogens is 2. The lowest BCUT2D eigenvalue weighted by Crippen LogP contribution is -2.37. The SMILES string of the molecule is Cc1nn(C)cc1-c1nc(C(=O)Nc2cnn(C)c2N2CC[C@@H](N)CC(F)(F)C2)c(N)s1. The predicted molar refractivity (Wildman–Crippen MR) is 119 cm³/mol. The summed E-state index contributed by atoms with van der Waals surface area (Å²) < 4.78 is 31.8. The number of nitrogens with zero attached hydrogens (tertiary/aromatic N) is 6. The molecule has 0 spiro atoms. The van der Waals surface area contributed by atoms with Crippen molar-refractivity contribution in [1.82, 2.24) is 24.5 Å². The topological polar surface area (TPSA) is 133 Å². The van der Waals surface area contributed by atoms with Gasteiger partial charge < -0.3 is 21.7 Å². The number of alkyl halides is 2. The lowest BCUT2D eigenvalue weighted by molar-refractivity contribution is -0.000526. The van der Waals surface area contributed by atoms with Gasteiger partial charge in [0, 0.05) is 39.3 Å². The largest absolute Gasteiger partial charge is 0.389 e. The molecule has 4 heterocycles. The maximum absolute atomic E-state index is 14.3. The molecule has 1 atom stereocenters. The van der Waals surface area contributed by atoms with E-state index >= 15 is 0 Å². The summed E-state index contributed by atoms with van der Waals surface area (Å²) in [6.45, 7) is 1.66. The number of hydrogen-bond acceptors (Lipinski definition) is 8. The summed E-state index contributed by atoms with van der Waals surface area (Å²) in [4.78, 5) is 18.9. The Morgan fingerprint density at radius 2 is 2.12 bits per heavy atom. The van der Waals surface area contributed by atoms with E-state index in [2.05, 4.69) is 20.5 Å². The number of nitrogens with two attached hydrogens (primary N) is 2. The molecule has 3 aromatic rings. The van der Waals surface area contributed by atoms with Gasteiger partial charge in [0.05, 0.1) is 24.0 Å². The Labute approximate surface area is 187 Å². The molecular weight excluding hydrogens is 440 g/mol. The number of nitrogen functional groups attached to an aromatic ring is 1. The van der Waals surface area contributed by atoms with Gasteiger partial charge in [0.2, 0.25) is 0 Å². The van der Waals surface area contributed by atoms with Crippen LogP contribution in [-0.2, 0) is 14.1 Å². The molecule has 172 valence electrons. The van der Waals surface area contributed by atoms with E-state index in [0.717, 1.165) is 11.3 Å². The van der Waals surface area contributed by atoms with Gasteiger partial charge in [-0.1, -0.05) is 11.3 Å². The van der Waals surface area contributed by atoms with E-state index in [-0.39, 0.29) is 17.1 Å². The molecule has 0 saturated carbocycles. The normalized spacial score (nSPS) is 18.6. The van der Waals surface area contributed by atoms with Crippen LogP contribution in [0.25, 0.3) is 10.6 Å². The molecule has 5 N–H and O–H groups in total. The van der Waals surface area contributed by atoms with Crippen molar-refractivity contribution in [2.24, 2.45) is 19.8 Å². The third kappa shape index (κ3) is 4.30. The van der Waals surface area contributed by atoms with Gasteiger partial charge in [-0.15, -0.1) is 0 Å². The summed E-state index contributed by atoms with van der Waals surface area (Å²) in [5.41, 5.74) is 13.8. The van der Waals surface area contributed by atoms with Crippen LogP contribution < -0.4 is 21.7 Å². The van der Waals surface area contributed by atoms with E-state index in [1.54, 1.807) is 25.0 Å². The minimum atomic E-state index is -2.95. The predicted octanol–water partition coefficient (Wildman–Crippen LogP) is 1.98. The smallest absolute Gasteiger partial charge is 0.277 e. The quantitative estimate of drug-likeness (QED) is 0.537. The average Bonchev–Trinajstić information content (AvgIpc) is 3.32. The standard InChI is InChI=1S/C19H25F2N9OS/c1-10-12(8-28(2)27-10)17-26-14(15(23)32-17)16(31)25-13-7-24-29(3)18(13)30-5-4-11(22)6-19(20,21)9-30/h7-8,11H,4-6,9,22-23H2,1-3H3,(H,25,31)/t11-/m1/s1. The highest BCUT2D eigenvalue weighted by Crippen LogP contribution is 2.35. The number of hydrogen-bond donors (Lipinski definition) is 3. The van der Waals surface area contributed by atoms with Crippen LogP contribution in [0.4, 0.5) is 25.3 Å². The molecule has 1 aliphatic rings. The fourth-order valence-corrected chi connectivity index (χ4v) is 4.80. The van der Waals surface area contributed by atoms with Crippen molar-refractivity contribution in [2.45, 2.75) is 31.7 Å². The van der Waals surface area contributed by atoms with Crippen molar-refractivity contribution >= 4 is 33.8 Å². The van der Waals surface area contributed by atoms with E-state index in [1.807, 2.05) is 6.92 Å². The van der Waals surface area contributed by atoms with E-state index in [0.29, 0.717) is 29.5 Å². The van der Waals surface area contributed by atoms with Crippen LogP contribution in [0.2, 0.25) is 0 Å². The molecule has 10 nitrogen and oxygen atoms in total. The minimum absolute atomic E-state index is 0.0614. The summed E-state index contributed by atoms with van der Waals surface area (Å²) in [6, 6.07) is -0.592. The number of rotatable bonds is 4. The van der Waals surface area contributed by atoms with Crippen LogP contribution in [0.15, 0.2) is 12.4 Å². The van der Waals surface area contributed by atoms with E-state index in [4.69, 9.17) is 11.5 Å². The minimum Gasteiger partial charge on any atom is -0.389 e. The molecule has 0 radical (unpaired) electrons. The molecule has 0 aliphatic carbocycles. The van der Waals surface area contributed by atoms with Crippen molar-refractivity contribution in [1.29, 1.82) is 0 Å². The van der Waals surface area contributed by atoms with E-state index < -0.39 is 24.4 Å². The number of thiazole rings is 1. The first-order valence-electron chi connectivity index (χ1n) is 10.0. The van der Waals surface area contributed by atoms with E-state index in [1.165, 1.54) is 27.1 Å². The molecule has 1 amide bonds. The maximum Gasteiger partial charge on any atom is 0.277 e. The zero-order chi connectivity index (χ0) is 23.2. The highest BCUT2D eigenvalue weighted by molar-refractivity contribution is 7.19. The Bertz CT molecular complexity index is 1150. The number of amides is 1. The molecule has 1 fully saturated rings.